The fraction of sp³-hybridized carbons (Fsp3) is 0.833. The van der Waals surface area contributed by atoms with E-state index in [0.29, 0.717) is 0 Å². The van der Waals surface area contributed by atoms with Gasteiger partial charge in [0.15, 0.2) is 0 Å². The Hall–Kier alpha value is -1.47. The van der Waals surface area contributed by atoms with E-state index in [1.54, 1.807) is 13.8 Å². The molecule has 0 bridgehead atoms. The molecule has 0 radical (unpaired) electrons. The molecule has 5 nitrogen and oxygen atoms in total. The summed E-state index contributed by atoms with van der Waals surface area (Å²) in [5.74, 6) is -2.41. The topological polar surface area (TPSA) is 69.6 Å². The van der Waals surface area contributed by atoms with Gasteiger partial charge in [0, 0.05) is 18.6 Å². The summed E-state index contributed by atoms with van der Waals surface area (Å²) in [7, 11) is 0. The Labute approximate surface area is 115 Å². The third kappa shape index (κ3) is 4.90. The summed E-state index contributed by atoms with van der Waals surface area (Å²) < 4.78 is 37.5. The summed E-state index contributed by atoms with van der Waals surface area (Å²) in [4.78, 5) is 23.8. The number of alkyl halides is 3. The number of nitrogens with zero attached hydrogens (tertiary/aromatic N) is 1. The molecule has 20 heavy (non-hydrogen) atoms. The zero-order valence-electron chi connectivity index (χ0n) is 11.5. The van der Waals surface area contributed by atoms with Gasteiger partial charge in [0.05, 0.1) is 12.3 Å². The second-order valence-corrected chi connectivity index (χ2v) is 5.69. The van der Waals surface area contributed by atoms with Gasteiger partial charge in [0.25, 0.3) is 0 Å². The maximum absolute atomic E-state index is 12.5. The van der Waals surface area contributed by atoms with Crippen LogP contribution in [0.1, 0.15) is 33.1 Å². The zero-order chi connectivity index (χ0) is 15.6. The highest BCUT2D eigenvalue weighted by molar-refractivity contribution is 5.76. The number of nitrogens with one attached hydrogen (secondary N) is 1. The molecular weight excluding hydrogens is 277 g/mol. The van der Waals surface area contributed by atoms with Crippen LogP contribution in [0.2, 0.25) is 0 Å². The zero-order valence-corrected chi connectivity index (χ0v) is 11.5. The van der Waals surface area contributed by atoms with Crippen LogP contribution in [0.25, 0.3) is 0 Å². The van der Waals surface area contributed by atoms with Crippen molar-refractivity contribution in [2.45, 2.75) is 44.8 Å². The predicted molar refractivity (Wildman–Crippen MR) is 65.2 cm³/mol. The van der Waals surface area contributed by atoms with Gasteiger partial charge in [-0.25, -0.2) is 4.79 Å². The fourth-order valence-electron chi connectivity index (χ4n) is 2.20. The van der Waals surface area contributed by atoms with Crippen molar-refractivity contribution in [1.29, 1.82) is 0 Å². The van der Waals surface area contributed by atoms with Crippen molar-refractivity contribution in [3.8, 4) is 0 Å². The third-order valence-corrected chi connectivity index (χ3v) is 3.28. The molecule has 1 heterocycles. The van der Waals surface area contributed by atoms with E-state index in [0.717, 1.165) is 0 Å². The average Bonchev–Trinajstić information content (AvgIpc) is 2.25. The lowest BCUT2D eigenvalue weighted by molar-refractivity contribution is -0.183. The molecule has 2 amide bonds. The van der Waals surface area contributed by atoms with Gasteiger partial charge in [-0.1, -0.05) is 0 Å². The SMILES string of the molecule is CC(C)(CC(=O)O)NC(=O)N1CCC(C(F)(F)F)CC1. The Morgan fingerprint density at radius 1 is 1.25 bits per heavy atom. The second-order valence-electron chi connectivity index (χ2n) is 5.69. The predicted octanol–water partition coefficient (Wildman–Crippen LogP) is 2.22. The van der Waals surface area contributed by atoms with Crippen LogP contribution in [-0.4, -0.2) is 46.8 Å². The van der Waals surface area contributed by atoms with Crippen molar-refractivity contribution in [2.75, 3.05) is 13.1 Å². The number of hydrogen-bond acceptors (Lipinski definition) is 2. The van der Waals surface area contributed by atoms with Gasteiger partial charge in [0.1, 0.15) is 0 Å². The van der Waals surface area contributed by atoms with Gasteiger partial charge in [-0.15, -0.1) is 0 Å². The Morgan fingerprint density at radius 2 is 1.75 bits per heavy atom. The maximum Gasteiger partial charge on any atom is 0.391 e. The van der Waals surface area contributed by atoms with Crippen molar-refractivity contribution in [1.82, 2.24) is 10.2 Å². The van der Waals surface area contributed by atoms with Crippen molar-refractivity contribution < 1.29 is 27.9 Å². The number of hydrogen-bond donors (Lipinski definition) is 2. The molecule has 1 aliphatic heterocycles. The highest BCUT2D eigenvalue weighted by Crippen LogP contribution is 2.34. The maximum atomic E-state index is 12.5. The van der Waals surface area contributed by atoms with E-state index in [1.807, 2.05) is 0 Å². The minimum atomic E-state index is -4.22. The summed E-state index contributed by atoms with van der Waals surface area (Å²) in [6.07, 6.45) is -4.70. The molecule has 0 saturated carbocycles. The van der Waals surface area contributed by atoms with E-state index in [9.17, 15) is 22.8 Å². The van der Waals surface area contributed by atoms with Gasteiger partial charge in [-0.05, 0) is 26.7 Å². The number of carboxylic acid groups (broad SMARTS) is 1. The monoisotopic (exact) mass is 296 g/mol. The first kappa shape index (κ1) is 16.6. The van der Waals surface area contributed by atoms with Gasteiger partial charge < -0.3 is 15.3 Å². The van der Waals surface area contributed by atoms with E-state index in [2.05, 4.69) is 5.32 Å². The van der Waals surface area contributed by atoms with Gasteiger partial charge in [0.2, 0.25) is 0 Å². The van der Waals surface area contributed by atoms with E-state index >= 15 is 0 Å². The minimum Gasteiger partial charge on any atom is -0.481 e. The Kier molecular flexibility index (Phi) is 4.88. The van der Waals surface area contributed by atoms with Crippen LogP contribution in [0.3, 0.4) is 0 Å². The molecule has 0 aromatic heterocycles. The standard InChI is InChI=1S/C12H19F3N2O3/c1-11(2,7-9(18)19)16-10(20)17-5-3-8(4-6-17)12(13,14)15/h8H,3-7H2,1-2H3,(H,16,20)(H,18,19). The summed E-state index contributed by atoms with van der Waals surface area (Å²) >= 11 is 0. The molecule has 1 saturated heterocycles. The summed E-state index contributed by atoms with van der Waals surface area (Å²) in [5, 5.41) is 11.2. The van der Waals surface area contributed by atoms with Crippen LogP contribution in [0, 0.1) is 5.92 Å². The lowest BCUT2D eigenvalue weighted by Gasteiger charge is -2.35. The Balaban J connectivity index is 2.49. The smallest absolute Gasteiger partial charge is 0.391 e. The van der Waals surface area contributed by atoms with Crippen LogP contribution in [-0.2, 0) is 4.79 Å². The highest BCUT2D eigenvalue weighted by atomic mass is 19.4. The Morgan fingerprint density at radius 3 is 2.15 bits per heavy atom. The van der Waals surface area contributed by atoms with Crippen molar-refractivity contribution in [2.24, 2.45) is 5.92 Å². The van der Waals surface area contributed by atoms with E-state index < -0.39 is 29.6 Å². The number of halogens is 3. The van der Waals surface area contributed by atoms with Crippen LogP contribution in [0.4, 0.5) is 18.0 Å². The molecule has 1 rings (SSSR count). The molecule has 0 unspecified atom stereocenters. The van der Waals surface area contributed by atoms with Crippen molar-refractivity contribution in [3.63, 3.8) is 0 Å². The number of piperidine rings is 1. The quantitative estimate of drug-likeness (QED) is 0.839. The Bertz CT molecular complexity index is 375. The van der Waals surface area contributed by atoms with Gasteiger partial charge in [-0.3, -0.25) is 4.79 Å². The number of carbonyl (C=O) groups is 2. The third-order valence-electron chi connectivity index (χ3n) is 3.28. The minimum absolute atomic E-state index is 0.0269. The first-order valence-corrected chi connectivity index (χ1v) is 6.37. The molecule has 1 aliphatic rings. The molecular formula is C12H19F3N2O3. The lowest BCUT2D eigenvalue weighted by atomic mass is 9.96. The number of likely N-dealkylation sites (tertiary alicyclic amines) is 1. The lowest BCUT2D eigenvalue weighted by Crippen LogP contribution is -2.53. The van der Waals surface area contributed by atoms with E-state index in [-0.39, 0.29) is 32.4 Å². The first-order valence-electron chi connectivity index (χ1n) is 6.37. The van der Waals surface area contributed by atoms with Crippen molar-refractivity contribution in [3.05, 3.63) is 0 Å². The molecule has 0 atom stereocenters. The largest absolute Gasteiger partial charge is 0.481 e. The highest BCUT2D eigenvalue weighted by Gasteiger charge is 2.42. The van der Waals surface area contributed by atoms with Crippen LogP contribution in [0.15, 0.2) is 0 Å². The second kappa shape index (κ2) is 5.88. The number of carbonyl (C=O) groups excluding carboxylic acids is 1. The van der Waals surface area contributed by atoms with Crippen LogP contribution in [0.5, 0.6) is 0 Å². The molecule has 8 heteroatoms. The molecule has 0 aromatic rings. The van der Waals surface area contributed by atoms with Gasteiger partial charge >= 0.3 is 18.2 Å². The first-order chi connectivity index (χ1) is 9.01. The number of rotatable bonds is 3. The summed E-state index contributed by atoms with van der Waals surface area (Å²) in [6, 6.07) is -0.517. The molecule has 116 valence electrons. The summed E-state index contributed by atoms with van der Waals surface area (Å²) in [5.41, 5.74) is -0.941. The van der Waals surface area contributed by atoms with Crippen LogP contribution < -0.4 is 5.32 Å². The van der Waals surface area contributed by atoms with Crippen molar-refractivity contribution >= 4 is 12.0 Å². The number of urea groups is 1. The van der Waals surface area contributed by atoms with Crippen LogP contribution >= 0.6 is 0 Å². The number of aliphatic carboxylic acids is 1. The number of amides is 2. The van der Waals surface area contributed by atoms with Gasteiger partial charge in [-0.2, -0.15) is 13.2 Å². The molecule has 1 fully saturated rings. The molecule has 0 spiro atoms. The van der Waals surface area contributed by atoms with E-state index in [1.165, 1.54) is 4.90 Å². The summed E-state index contributed by atoms with van der Waals surface area (Å²) in [6.45, 7) is 3.17. The number of carboxylic acids is 1. The average molecular weight is 296 g/mol. The normalized spacial score (nSPS) is 17.9. The molecule has 0 aromatic carbocycles. The fourth-order valence-corrected chi connectivity index (χ4v) is 2.20. The van der Waals surface area contributed by atoms with E-state index in [4.69, 9.17) is 5.11 Å². The molecule has 2 N–H and O–H groups in total. The molecule has 0 aliphatic carbocycles.